The Hall–Kier alpha value is -2.48. The predicted octanol–water partition coefficient (Wildman–Crippen LogP) is 4.13. The molecule has 0 fully saturated rings. The quantitative estimate of drug-likeness (QED) is 0.539. The van der Waals surface area contributed by atoms with Crippen LogP contribution in [0.2, 0.25) is 0 Å². The minimum Gasteiger partial charge on any atom is -0.224 e. The topological polar surface area (TPSA) is 80.3 Å². The summed E-state index contributed by atoms with van der Waals surface area (Å²) in [5.74, 6) is 0. The second-order valence-electron chi connectivity index (χ2n) is 7.21. The van der Waals surface area contributed by atoms with E-state index in [4.69, 9.17) is 0 Å². The fourth-order valence-electron chi connectivity index (χ4n) is 3.26. The lowest BCUT2D eigenvalue weighted by Crippen LogP contribution is -2.29. The van der Waals surface area contributed by atoms with Crippen molar-refractivity contribution in [1.29, 1.82) is 0 Å². The molecule has 0 spiro atoms. The molecule has 0 aliphatic carbocycles. The monoisotopic (exact) mass is 443 g/mol. The molecule has 1 atom stereocenters. The van der Waals surface area contributed by atoms with Gasteiger partial charge in [-0.25, -0.2) is 21.6 Å². The lowest BCUT2D eigenvalue weighted by molar-refractivity contribution is 0.528. The highest BCUT2D eigenvalue weighted by Crippen LogP contribution is 2.23. The van der Waals surface area contributed by atoms with Gasteiger partial charge in [0.2, 0.25) is 10.0 Å². The van der Waals surface area contributed by atoms with Gasteiger partial charge in [-0.05, 0) is 54.7 Å². The highest BCUT2D eigenvalue weighted by atomic mass is 32.2. The predicted molar refractivity (Wildman–Crippen MR) is 118 cm³/mol. The summed E-state index contributed by atoms with van der Waals surface area (Å²) in [5, 5.41) is 0. The molecule has 158 valence electrons. The Morgan fingerprint density at radius 1 is 0.733 bits per heavy atom. The first-order valence-corrected chi connectivity index (χ1v) is 13.0. The third kappa shape index (κ3) is 6.01. The SMILES string of the molecule is CS(=O)(=O)c1ccc(S(=O)(=O)NC(CCCc2ccccc2)c2ccccc2)cc1. The first kappa shape index (κ1) is 22.2. The molecule has 0 saturated heterocycles. The standard InChI is InChI=1S/C23H25NO4S2/c1-29(25,26)21-15-17-22(18-16-21)30(27,28)24-23(20-12-6-3-7-13-20)14-8-11-19-9-4-2-5-10-19/h2-7,9-10,12-13,15-18,23-24H,8,11,14H2,1H3. The maximum absolute atomic E-state index is 12.9. The molecule has 0 bridgehead atoms. The van der Waals surface area contributed by atoms with Gasteiger partial charge in [0, 0.05) is 12.3 Å². The highest BCUT2D eigenvalue weighted by Gasteiger charge is 2.22. The van der Waals surface area contributed by atoms with E-state index in [-0.39, 0.29) is 15.8 Å². The highest BCUT2D eigenvalue weighted by molar-refractivity contribution is 7.90. The summed E-state index contributed by atoms with van der Waals surface area (Å²) >= 11 is 0. The van der Waals surface area contributed by atoms with E-state index in [0.29, 0.717) is 6.42 Å². The molecule has 3 aromatic carbocycles. The van der Waals surface area contributed by atoms with Crippen LogP contribution in [-0.2, 0) is 26.3 Å². The number of sulfonamides is 1. The van der Waals surface area contributed by atoms with Crippen molar-refractivity contribution in [3.8, 4) is 0 Å². The number of rotatable bonds is 9. The van der Waals surface area contributed by atoms with Gasteiger partial charge in [0.25, 0.3) is 0 Å². The molecule has 3 rings (SSSR count). The molecule has 0 saturated carbocycles. The van der Waals surface area contributed by atoms with E-state index in [2.05, 4.69) is 16.9 Å². The Kier molecular flexibility index (Phi) is 7.07. The molecule has 5 nitrogen and oxygen atoms in total. The molecule has 0 aliphatic rings. The smallest absolute Gasteiger partial charge is 0.224 e. The van der Waals surface area contributed by atoms with Gasteiger partial charge in [-0.15, -0.1) is 0 Å². The van der Waals surface area contributed by atoms with Gasteiger partial charge in [0.1, 0.15) is 0 Å². The van der Waals surface area contributed by atoms with Crippen LogP contribution in [0, 0.1) is 0 Å². The summed E-state index contributed by atoms with van der Waals surface area (Å²) in [6.07, 6.45) is 3.40. The molecular formula is C23H25NO4S2. The van der Waals surface area contributed by atoms with Crippen LogP contribution in [0.1, 0.15) is 30.0 Å². The maximum atomic E-state index is 12.9. The van der Waals surface area contributed by atoms with Gasteiger partial charge < -0.3 is 0 Å². The molecule has 0 aromatic heterocycles. The number of benzene rings is 3. The average molecular weight is 444 g/mol. The number of hydrogen-bond acceptors (Lipinski definition) is 4. The van der Waals surface area contributed by atoms with Crippen molar-refractivity contribution >= 4 is 19.9 Å². The van der Waals surface area contributed by atoms with Crippen molar-refractivity contribution in [3.63, 3.8) is 0 Å². The minimum absolute atomic E-state index is 0.0406. The zero-order valence-electron chi connectivity index (χ0n) is 16.7. The summed E-state index contributed by atoms with van der Waals surface area (Å²) < 4.78 is 51.9. The van der Waals surface area contributed by atoms with Crippen LogP contribution in [0.15, 0.2) is 94.7 Å². The Balaban J connectivity index is 1.77. The van der Waals surface area contributed by atoms with Gasteiger partial charge in [-0.2, -0.15) is 0 Å². The Morgan fingerprint density at radius 2 is 1.27 bits per heavy atom. The lowest BCUT2D eigenvalue weighted by atomic mass is 10.00. The van der Waals surface area contributed by atoms with E-state index >= 15 is 0 Å². The molecule has 3 aromatic rings. The van der Waals surface area contributed by atoms with Gasteiger partial charge in [-0.3, -0.25) is 0 Å². The van der Waals surface area contributed by atoms with E-state index in [0.717, 1.165) is 24.7 Å². The van der Waals surface area contributed by atoms with Crippen molar-refractivity contribution in [2.24, 2.45) is 0 Å². The molecule has 30 heavy (non-hydrogen) atoms. The second-order valence-corrected chi connectivity index (χ2v) is 10.9. The lowest BCUT2D eigenvalue weighted by Gasteiger charge is -2.19. The second kappa shape index (κ2) is 9.55. The summed E-state index contributed by atoms with van der Waals surface area (Å²) in [6, 6.07) is 24.4. The number of aryl methyl sites for hydroxylation is 1. The molecular weight excluding hydrogens is 418 g/mol. The molecule has 1 N–H and O–H groups in total. The zero-order chi connectivity index (χ0) is 21.6. The Bertz CT molecular complexity index is 1160. The number of hydrogen-bond donors (Lipinski definition) is 1. The largest absolute Gasteiger partial charge is 0.241 e. The van der Waals surface area contributed by atoms with E-state index < -0.39 is 19.9 Å². The van der Waals surface area contributed by atoms with Crippen LogP contribution in [-0.4, -0.2) is 23.1 Å². The van der Waals surface area contributed by atoms with Crippen LogP contribution in [0.5, 0.6) is 0 Å². The van der Waals surface area contributed by atoms with Crippen LogP contribution in [0.3, 0.4) is 0 Å². The van der Waals surface area contributed by atoms with Crippen LogP contribution in [0.25, 0.3) is 0 Å². The van der Waals surface area contributed by atoms with Crippen molar-refractivity contribution in [2.45, 2.75) is 35.1 Å². The van der Waals surface area contributed by atoms with Gasteiger partial charge in [-0.1, -0.05) is 60.7 Å². The molecule has 7 heteroatoms. The third-order valence-electron chi connectivity index (χ3n) is 4.86. The first-order chi connectivity index (χ1) is 14.3. The van der Waals surface area contributed by atoms with Gasteiger partial charge in [0.15, 0.2) is 9.84 Å². The van der Waals surface area contributed by atoms with Crippen molar-refractivity contribution in [1.82, 2.24) is 4.72 Å². The normalized spacial score (nSPS) is 13.1. The van der Waals surface area contributed by atoms with Crippen LogP contribution >= 0.6 is 0 Å². The molecule has 0 aliphatic heterocycles. The minimum atomic E-state index is -3.81. The van der Waals surface area contributed by atoms with E-state index in [1.54, 1.807) is 0 Å². The molecule has 0 radical (unpaired) electrons. The van der Waals surface area contributed by atoms with Crippen molar-refractivity contribution < 1.29 is 16.8 Å². The first-order valence-electron chi connectivity index (χ1n) is 9.67. The van der Waals surface area contributed by atoms with Crippen molar-refractivity contribution in [3.05, 3.63) is 96.1 Å². The zero-order valence-corrected chi connectivity index (χ0v) is 18.4. The van der Waals surface area contributed by atoms with E-state index in [1.165, 1.54) is 29.8 Å². The van der Waals surface area contributed by atoms with Crippen molar-refractivity contribution in [2.75, 3.05) is 6.26 Å². The number of nitrogens with one attached hydrogen (secondary N) is 1. The fourth-order valence-corrected chi connectivity index (χ4v) is 5.14. The maximum Gasteiger partial charge on any atom is 0.241 e. The number of sulfone groups is 1. The Labute approximate surface area is 178 Å². The summed E-state index contributed by atoms with van der Waals surface area (Å²) in [6.45, 7) is 0. The van der Waals surface area contributed by atoms with Gasteiger partial charge >= 0.3 is 0 Å². The summed E-state index contributed by atoms with van der Waals surface area (Å²) in [5.41, 5.74) is 2.10. The summed E-state index contributed by atoms with van der Waals surface area (Å²) in [7, 11) is -7.19. The van der Waals surface area contributed by atoms with E-state index in [9.17, 15) is 16.8 Å². The molecule has 0 heterocycles. The van der Waals surface area contributed by atoms with Gasteiger partial charge in [0.05, 0.1) is 9.79 Å². The summed E-state index contributed by atoms with van der Waals surface area (Å²) in [4.78, 5) is 0.128. The molecule has 0 amide bonds. The molecule has 1 unspecified atom stereocenters. The van der Waals surface area contributed by atoms with Crippen LogP contribution in [0.4, 0.5) is 0 Å². The third-order valence-corrected chi connectivity index (χ3v) is 7.48. The van der Waals surface area contributed by atoms with E-state index in [1.807, 2.05) is 48.5 Å². The average Bonchev–Trinajstić information content (AvgIpc) is 2.74. The fraction of sp³-hybridized carbons (Fsp3) is 0.217. The Morgan fingerprint density at radius 3 is 1.83 bits per heavy atom. The van der Waals surface area contributed by atoms with Crippen LogP contribution < -0.4 is 4.72 Å².